The van der Waals surface area contributed by atoms with Gasteiger partial charge in [-0.05, 0) is 18.2 Å². The normalized spacial score (nSPS) is 10.4. The van der Waals surface area contributed by atoms with Crippen molar-refractivity contribution in [3.63, 3.8) is 0 Å². The van der Waals surface area contributed by atoms with Gasteiger partial charge in [-0.3, -0.25) is 0 Å². The summed E-state index contributed by atoms with van der Waals surface area (Å²) < 4.78 is 0. The Morgan fingerprint density at radius 1 is 1.35 bits per heavy atom. The first kappa shape index (κ1) is 12.2. The Morgan fingerprint density at radius 3 is 2.95 bits per heavy atom. The average Bonchev–Trinajstić information content (AvgIpc) is 2.89. The number of rotatable bonds is 2. The molecular formula is C12H8ClN7. The van der Waals surface area contributed by atoms with Crippen molar-refractivity contribution in [3.8, 4) is 6.07 Å². The number of H-pyrrole nitrogens is 1. The summed E-state index contributed by atoms with van der Waals surface area (Å²) in [5.74, 6) is 0.577. The first-order chi connectivity index (χ1) is 9.67. The molecule has 2 heterocycles. The van der Waals surface area contributed by atoms with Crippen LogP contribution in [-0.4, -0.2) is 19.9 Å². The van der Waals surface area contributed by atoms with Crippen molar-refractivity contribution in [3.05, 3.63) is 35.1 Å². The van der Waals surface area contributed by atoms with Crippen LogP contribution in [0.5, 0.6) is 0 Å². The number of aromatic amines is 1. The lowest BCUT2D eigenvalue weighted by molar-refractivity contribution is 1.21. The van der Waals surface area contributed by atoms with E-state index in [1.54, 1.807) is 18.2 Å². The number of imidazole rings is 1. The van der Waals surface area contributed by atoms with Crippen molar-refractivity contribution in [2.24, 2.45) is 0 Å². The molecule has 0 aliphatic rings. The maximum absolute atomic E-state index is 8.81. The van der Waals surface area contributed by atoms with E-state index in [2.05, 4.69) is 25.3 Å². The lowest BCUT2D eigenvalue weighted by atomic mass is 10.2. The van der Waals surface area contributed by atoms with Gasteiger partial charge in [0, 0.05) is 0 Å². The summed E-state index contributed by atoms with van der Waals surface area (Å²) >= 11 is 6.11. The molecule has 4 N–H and O–H groups in total. The molecule has 1 aromatic carbocycles. The van der Waals surface area contributed by atoms with Crippen molar-refractivity contribution in [1.82, 2.24) is 19.9 Å². The topological polar surface area (TPSA) is 116 Å². The minimum Gasteiger partial charge on any atom is -0.368 e. The van der Waals surface area contributed by atoms with Gasteiger partial charge in [0.15, 0.2) is 11.5 Å². The van der Waals surface area contributed by atoms with Crippen LogP contribution in [0.1, 0.15) is 5.56 Å². The van der Waals surface area contributed by atoms with Crippen molar-refractivity contribution >= 4 is 40.2 Å². The number of hydrogen-bond donors (Lipinski definition) is 3. The summed E-state index contributed by atoms with van der Waals surface area (Å²) in [6.07, 6.45) is 1.50. The number of hydrogen-bond acceptors (Lipinski definition) is 6. The van der Waals surface area contributed by atoms with Gasteiger partial charge in [0.25, 0.3) is 0 Å². The van der Waals surface area contributed by atoms with Crippen molar-refractivity contribution < 1.29 is 0 Å². The Hall–Kier alpha value is -2.85. The van der Waals surface area contributed by atoms with Gasteiger partial charge in [0.1, 0.15) is 5.52 Å². The molecule has 98 valence electrons. The van der Waals surface area contributed by atoms with E-state index in [1.807, 2.05) is 6.07 Å². The molecule has 0 radical (unpaired) electrons. The fraction of sp³-hybridized carbons (Fsp3) is 0. The van der Waals surface area contributed by atoms with Crippen molar-refractivity contribution in [2.45, 2.75) is 0 Å². The molecule has 0 aliphatic carbocycles. The number of benzene rings is 1. The number of anilines is 3. The van der Waals surface area contributed by atoms with E-state index in [1.165, 1.54) is 6.33 Å². The lowest BCUT2D eigenvalue weighted by Gasteiger charge is -2.08. The van der Waals surface area contributed by atoms with E-state index in [-0.39, 0.29) is 5.95 Å². The molecule has 0 spiro atoms. The molecule has 20 heavy (non-hydrogen) atoms. The van der Waals surface area contributed by atoms with Crippen LogP contribution in [0.25, 0.3) is 11.2 Å². The third kappa shape index (κ3) is 2.08. The number of nitrogens with two attached hydrogens (primary N) is 1. The Bertz CT molecular complexity index is 833. The highest BCUT2D eigenvalue weighted by atomic mass is 35.5. The Morgan fingerprint density at radius 2 is 2.20 bits per heavy atom. The molecule has 0 atom stereocenters. The predicted octanol–water partition coefficient (Wildman–Crippen LogP) is 2.20. The molecule has 0 bridgehead atoms. The molecule has 3 rings (SSSR count). The number of halogens is 1. The quantitative estimate of drug-likeness (QED) is 0.664. The van der Waals surface area contributed by atoms with Gasteiger partial charge in [0.05, 0.1) is 28.7 Å². The van der Waals surface area contributed by atoms with Gasteiger partial charge >= 0.3 is 0 Å². The minimum absolute atomic E-state index is 0.108. The van der Waals surface area contributed by atoms with Gasteiger partial charge in [0.2, 0.25) is 5.95 Å². The summed E-state index contributed by atoms with van der Waals surface area (Å²) in [6.45, 7) is 0. The van der Waals surface area contributed by atoms with Gasteiger partial charge in [-0.15, -0.1) is 0 Å². The van der Waals surface area contributed by atoms with Crippen LogP contribution in [0.2, 0.25) is 5.02 Å². The molecular weight excluding hydrogens is 278 g/mol. The average molecular weight is 286 g/mol. The molecule has 0 amide bonds. The molecule has 2 aromatic heterocycles. The van der Waals surface area contributed by atoms with Crippen LogP contribution >= 0.6 is 11.6 Å². The molecule has 0 saturated carbocycles. The second-order valence-corrected chi connectivity index (χ2v) is 4.37. The molecule has 0 fully saturated rings. The van der Waals surface area contributed by atoms with E-state index in [9.17, 15) is 0 Å². The molecule has 3 aromatic rings. The summed E-state index contributed by atoms with van der Waals surface area (Å²) in [5.41, 5.74) is 7.81. The first-order valence-electron chi connectivity index (χ1n) is 5.60. The van der Waals surface area contributed by atoms with Crippen molar-refractivity contribution in [2.75, 3.05) is 11.1 Å². The largest absolute Gasteiger partial charge is 0.368 e. The lowest BCUT2D eigenvalue weighted by Crippen LogP contribution is -2.01. The molecule has 7 nitrogen and oxygen atoms in total. The van der Waals surface area contributed by atoms with Crippen LogP contribution in [0.15, 0.2) is 24.5 Å². The maximum Gasteiger partial charge on any atom is 0.224 e. The zero-order chi connectivity index (χ0) is 14.1. The van der Waals surface area contributed by atoms with E-state index in [0.29, 0.717) is 33.3 Å². The second kappa shape index (κ2) is 4.68. The minimum atomic E-state index is 0.108. The zero-order valence-corrected chi connectivity index (χ0v) is 10.8. The highest BCUT2D eigenvalue weighted by Gasteiger charge is 2.10. The summed E-state index contributed by atoms with van der Waals surface area (Å²) in [6, 6.07) is 6.94. The Labute approximate surface area is 118 Å². The van der Waals surface area contributed by atoms with Gasteiger partial charge in [-0.25, -0.2) is 4.98 Å². The number of fused-ring (bicyclic) bond motifs is 1. The van der Waals surface area contributed by atoms with E-state index in [4.69, 9.17) is 22.6 Å². The van der Waals surface area contributed by atoms with Gasteiger partial charge < -0.3 is 16.0 Å². The van der Waals surface area contributed by atoms with Crippen LogP contribution in [0.3, 0.4) is 0 Å². The van der Waals surface area contributed by atoms with Gasteiger partial charge in [-0.1, -0.05) is 11.6 Å². The fourth-order valence-corrected chi connectivity index (χ4v) is 1.98. The van der Waals surface area contributed by atoms with E-state index < -0.39 is 0 Å². The third-order valence-electron chi connectivity index (χ3n) is 2.65. The van der Waals surface area contributed by atoms with E-state index >= 15 is 0 Å². The monoisotopic (exact) mass is 285 g/mol. The zero-order valence-electron chi connectivity index (χ0n) is 10.1. The van der Waals surface area contributed by atoms with E-state index in [0.717, 1.165) is 0 Å². The van der Waals surface area contributed by atoms with Crippen LogP contribution in [-0.2, 0) is 0 Å². The number of aromatic nitrogens is 4. The molecule has 8 heteroatoms. The summed E-state index contributed by atoms with van der Waals surface area (Å²) in [4.78, 5) is 15.1. The third-order valence-corrected chi connectivity index (χ3v) is 2.97. The number of nitrogens with zero attached hydrogens (tertiary/aromatic N) is 4. The second-order valence-electron chi connectivity index (χ2n) is 3.96. The Balaban J connectivity index is 2.05. The standard InChI is InChI=1S/C12H8ClN7/c13-7-3-6(4-14)1-2-8(7)18-11-9-10(17-5-16-9)19-12(15)20-11/h1-3,5H,(H4,15,16,17,18,19,20). The van der Waals surface area contributed by atoms with Crippen LogP contribution in [0, 0.1) is 11.3 Å². The SMILES string of the molecule is N#Cc1ccc(Nc2nc(N)nc3nc[nH]c23)c(Cl)c1. The molecule has 0 aliphatic heterocycles. The highest BCUT2D eigenvalue weighted by molar-refractivity contribution is 6.33. The fourth-order valence-electron chi connectivity index (χ4n) is 1.75. The summed E-state index contributed by atoms with van der Waals surface area (Å²) in [5, 5.41) is 12.3. The number of nitriles is 1. The number of nitrogen functional groups attached to an aromatic ring is 1. The molecule has 0 saturated heterocycles. The van der Waals surface area contributed by atoms with Gasteiger partial charge in [-0.2, -0.15) is 15.2 Å². The number of nitrogens with one attached hydrogen (secondary N) is 2. The first-order valence-corrected chi connectivity index (χ1v) is 5.98. The molecule has 0 unspecified atom stereocenters. The van der Waals surface area contributed by atoms with Crippen molar-refractivity contribution in [1.29, 1.82) is 5.26 Å². The Kier molecular flexibility index (Phi) is 2.85. The predicted molar refractivity (Wildman–Crippen MR) is 75.5 cm³/mol. The smallest absolute Gasteiger partial charge is 0.224 e. The van der Waals surface area contributed by atoms with Crippen LogP contribution < -0.4 is 11.1 Å². The van der Waals surface area contributed by atoms with Crippen LogP contribution in [0.4, 0.5) is 17.5 Å². The maximum atomic E-state index is 8.81. The highest BCUT2D eigenvalue weighted by Crippen LogP contribution is 2.28. The summed E-state index contributed by atoms with van der Waals surface area (Å²) in [7, 11) is 0.